The minimum Gasteiger partial charge on any atom is -0.355 e. The fraction of sp³-hybridized carbons (Fsp3) is 0.611. The van der Waals surface area contributed by atoms with Crippen LogP contribution in [-0.2, 0) is 10.0 Å². The second-order valence-electron chi connectivity index (χ2n) is 6.85. The molecule has 1 unspecified atom stereocenters. The van der Waals surface area contributed by atoms with Crippen molar-refractivity contribution in [2.45, 2.75) is 39.2 Å². The first kappa shape index (κ1) is 19.7. The highest BCUT2D eigenvalue weighted by Gasteiger charge is 2.27. The van der Waals surface area contributed by atoms with Gasteiger partial charge in [-0.05, 0) is 38.3 Å². The Hall–Kier alpha value is -1.60. The summed E-state index contributed by atoms with van der Waals surface area (Å²) >= 11 is 0. The molecule has 25 heavy (non-hydrogen) atoms. The summed E-state index contributed by atoms with van der Waals surface area (Å²) in [5.41, 5.74) is 2.72. The number of hydrogen-bond donors (Lipinski definition) is 2. The molecular weight excluding hydrogens is 336 g/mol. The van der Waals surface area contributed by atoms with Crippen LogP contribution >= 0.6 is 0 Å². The molecule has 7 heteroatoms. The first-order chi connectivity index (χ1) is 11.8. The second-order valence-corrected chi connectivity index (χ2v) is 8.73. The summed E-state index contributed by atoms with van der Waals surface area (Å²) in [6.45, 7) is 7.97. The Balaban J connectivity index is 1.89. The number of guanidine groups is 1. The van der Waals surface area contributed by atoms with Crippen LogP contribution in [0.25, 0.3) is 0 Å². The average Bonchev–Trinajstić information content (AvgIpc) is 3.00. The van der Waals surface area contributed by atoms with Gasteiger partial charge in [0.05, 0.1) is 5.75 Å². The maximum Gasteiger partial charge on any atom is 0.213 e. The van der Waals surface area contributed by atoms with Crippen LogP contribution in [0, 0.1) is 6.92 Å². The van der Waals surface area contributed by atoms with Crippen LogP contribution in [0.15, 0.2) is 29.3 Å². The van der Waals surface area contributed by atoms with Crippen LogP contribution in [0.2, 0.25) is 0 Å². The number of hydrogen-bond acceptors (Lipinski definition) is 3. The van der Waals surface area contributed by atoms with Crippen molar-refractivity contribution in [1.82, 2.24) is 14.9 Å². The molecule has 0 saturated carbocycles. The predicted molar refractivity (Wildman–Crippen MR) is 104 cm³/mol. The third kappa shape index (κ3) is 5.71. The molecule has 1 heterocycles. The number of sulfonamides is 1. The molecule has 0 radical (unpaired) electrons. The van der Waals surface area contributed by atoms with Gasteiger partial charge >= 0.3 is 0 Å². The molecule has 1 atom stereocenters. The smallest absolute Gasteiger partial charge is 0.213 e. The van der Waals surface area contributed by atoms with Gasteiger partial charge in [-0.15, -0.1) is 0 Å². The van der Waals surface area contributed by atoms with Gasteiger partial charge in [-0.2, -0.15) is 0 Å². The van der Waals surface area contributed by atoms with Crippen molar-refractivity contribution >= 4 is 16.0 Å². The second kappa shape index (κ2) is 8.67. The molecule has 1 aromatic rings. The fourth-order valence-corrected chi connectivity index (χ4v) is 4.51. The number of aryl methyl sites for hydroxylation is 1. The van der Waals surface area contributed by atoms with Crippen LogP contribution in [-0.4, -0.2) is 57.8 Å². The lowest BCUT2D eigenvalue weighted by atomic mass is 9.94. The summed E-state index contributed by atoms with van der Waals surface area (Å²) < 4.78 is 26.4. The van der Waals surface area contributed by atoms with Crippen molar-refractivity contribution in [3.8, 4) is 0 Å². The number of rotatable bonds is 6. The summed E-state index contributed by atoms with van der Waals surface area (Å²) in [6, 6.07) is 8.42. The Kier molecular flexibility index (Phi) is 6.84. The van der Waals surface area contributed by atoms with Gasteiger partial charge in [0.1, 0.15) is 0 Å². The average molecular weight is 367 g/mol. The molecule has 0 bridgehead atoms. The lowest BCUT2D eigenvalue weighted by Gasteiger charge is -2.22. The van der Waals surface area contributed by atoms with Crippen molar-refractivity contribution in [1.29, 1.82) is 0 Å². The monoisotopic (exact) mass is 366 g/mol. The number of nitrogens with one attached hydrogen (secondary N) is 2. The Morgan fingerprint density at radius 1 is 1.36 bits per heavy atom. The van der Waals surface area contributed by atoms with Gasteiger partial charge in [0.2, 0.25) is 10.0 Å². The Morgan fingerprint density at radius 2 is 2.08 bits per heavy atom. The number of aliphatic imine (C=N–C) groups is 1. The van der Waals surface area contributed by atoms with E-state index in [4.69, 9.17) is 0 Å². The zero-order valence-electron chi connectivity index (χ0n) is 15.6. The van der Waals surface area contributed by atoms with Crippen molar-refractivity contribution < 1.29 is 8.42 Å². The van der Waals surface area contributed by atoms with Crippen molar-refractivity contribution in [3.05, 3.63) is 35.4 Å². The normalized spacial score (nSPS) is 18.8. The molecule has 0 amide bonds. The van der Waals surface area contributed by atoms with Gasteiger partial charge in [-0.1, -0.05) is 24.3 Å². The highest BCUT2D eigenvalue weighted by Crippen LogP contribution is 2.29. The molecule has 0 aliphatic carbocycles. The summed E-state index contributed by atoms with van der Waals surface area (Å²) in [7, 11) is -1.51. The van der Waals surface area contributed by atoms with Gasteiger partial charge in [-0.25, -0.2) is 13.1 Å². The molecule has 2 N–H and O–H groups in total. The number of benzene rings is 1. The van der Waals surface area contributed by atoms with Gasteiger partial charge in [0, 0.05) is 38.6 Å². The van der Waals surface area contributed by atoms with Gasteiger partial charge in [-0.3, -0.25) is 4.99 Å². The maximum absolute atomic E-state index is 11.9. The van der Waals surface area contributed by atoms with Crippen LogP contribution in [0.5, 0.6) is 0 Å². The largest absolute Gasteiger partial charge is 0.355 e. The van der Waals surface area contributed by atoms with Gasteiger partial charge < -0.3 is 10.2 Å². The van der Waals surface area contributed by atoms with E-state index >= 15 is 0 Å². The SMILES string of the molecule is CN=C(NCCS(=O)(=O)NC(C)C)N1CCC(c2ccccc2C)C1. The fourth-order valence-electron chi connectivity index (χ4n) is 3.30. The summed E-state index contributed by atoms with van der Waals surface area (Å²) in [4.78, 5) is 6.53. The summed E-state index contributed by atoms with van der Waals surface area (Å²) in [5, 5.41) is 3.18. The molecule has 1 aliphatic heterocycles. The first-order valence-electron chi connectivity index (χ1n) is 8.83. The summed E-state index contributed by atoms with van der Waals surface area (Å²) in [6.07, 6.45) is 1.08. The summed E-state index contributed by atoms with van der Waals surface area (Å²) in [5.74, 6) is 1.31. The standard InChI is InChI=1S/C18H30N4O2S/c1-14(2)21-25(23,24)12-10-20-18(19-4)22-11-9-16(13-22)17-8-6-5-7-15(17)3/h5-8,14,16,21H,9-13H2,1-4H3,(H,19,20). The molecule has 2 rings (SSSR count). The third-order valence-corrected chi connectivity index (χ3v) is 5.97. The zero-order chi connectivity index (χ0) is 18.4. The van der Waals surface area contributed by atoms with E-state index in [1.54, 1.807) is 7.05 Å². The van der Waals surface area contributed by atoms with E-state index in [2.05, 4.69) is 51.1 Å². The minimum absolute atomic E-state index is 0.0409. The zero-order valence-corrected chi connectivity index (χ0v) is 16.4. The quantitative estimate of drug-likeness (QED) is 0.593. The molecule has 1 saturated heterocycles. The molecule has 0 aromatic heterocycles. The molecule has 1 aromatic carbocycles. The Morgan fingerprint density at radius 3 is 2.72 bits per heavy atom. The Bertz CT molecular complexity index is 701. The number of nitrogens with zero attached hydrogens (tertiary/aromatic N) is 2. The van der Waals surface area contributed by atoms with Crippen molar-refractivity contribution in [2.75, 3.05) is 32.4 Å². The highest BCUT2D eigenvalue weighted by atomic mass is 32.2. The van der Waals surface area contributed by atoms with E-state index in [9.17, 15) is 8.42 Å². The van der Waals surface area contributed by atoms with Gasteiger partial charge in [0.15, 0.2) is 5.96 Å². The number of likely N-dealkylation sites (tertiary alicyclic amines) is 1. The van der Waals surface area contributed by atoms with E-state index in [1.165, 1.54) is 11.1 Å². The topological polar surface area (TPSA) is 73.8 Å². The lowest BCUT2D eigenvalue weighted by Crippen LogP contribution is -2.43. The molecule has 1 aliphatic rings. The molecular formula is C18H30N4O2S. The highest BCUT2D eigenvalue weighted by molar-refractivity contribution is 7.89. The van der Waals surface area contributed by atoms with Gasteiger partial charge in [0.25, 0.3) is 0 Å². The lowest BCUT2D eigenvalue weighted by molar-refractivity contribution is 0.487. The predicted octanol–water partition coefficient (Wildman–Crippen LogP) is 1.69. The third-order valence-electron chi connectivity index (χ3n) is 4.40. The van der Waals surface area contributed by atoms with Crippen molar-refractivity contribution in [2.24, 2.45) is 4.99 Å². The van der Waals surface area contributed by atoms with Crippen LogP contribution in [0.1, 0.15) is 37.3 Å². The van der Waals surface area contributed by atoms with E-state index in [1.807, 2.05) is 13.8 Å². The van der Waals surface area contributed by atoms with Crippen LogP contribution in [0.4, 0.5) is 0 Å². The van der Waals surface area contributed by atoms with Crippen molar-refractivity contribution in [3.63, 3.8) is 0 Å². The Labute approximate surface area is 151 Å². The molecule has 140 valence electrons. The van der Waals surface area contributed by atoms with E-state index in [-0.39, 0.29) is 11.8 Å². The maximum atomic E-state index is 11.9. The van der Waals surface area contributed by atoms with E-state index < -0.39 is 10.0 Å². The van der Waals surface area contributed by atoms with Crippen LogP contribution in [0.3, 0.4) is 0 Å². The van der Waals surface area contributed by atoms with Crippen LogP contribution < -0.4 is 10.0 Å². The minimum atomic E-state index is -3.25. The first-order valence-corrected chi connectivity index (χ1v) is 10.5. The van der Waals surface area contributed by atoms with E-state index in [0.717, 1.165) is 25.5 Å². The molecule has 6 nitrogen and oxygen atoms in total. The molecule has 1 fully saturated rings. The molecule has 0 spiro atoms. The van der Waals surface area contributed by atoms with E-state index in [0.29, 0.717) is 12.5 Å².